The smallest absolute Gasteiger partial charge is 0.255 e. The van der Waals surface area contributed by atoms with E-state index in [-0.39, 0.29) is 11.7 Å². The zero-order valence-corrected chi connectivity index (χ0v) is 12.3. The highest BCUT2D eigenvalue weighted by molar-refractivity contribution is 9.10. The number of rotatable bonds is 2. The molecule has 2 aromatic rings. The standard InChI is InChI=1S/C13H8Br2FNO/c14-9-3-1-8(2-4-9)13(18)17-10-5-6-12(16)11(15)7-10/h1-7H,(H,17,18). The van der Waals surface area contributed by atoms with E-state index in [1.165, 1.54) is 18.2 Å². The van der Waals surface area contributed by atoms with E-state index in [1.54, 1.807) is 24.3 Å². The van der Waals surface area contributed by atoms with Crippen molar-refractivity contribution in [3.63, 3.8) is 0 Å². The molecule has 0 saturated heterocycles. The molecule has 5 heteroatoms. The fourth-order valence-electron chi connectivity index (χ4n) is 1.38. The van der Waals surface area contributed by atoms with Gasteiger partial charge in [0.1, 0.15) is 5.82 Å². The Morgan fingerprint density at radius 2 is 1.72 bits per heavy atom. The Morgan fingerprint density at radius 1 is 1.06 bits per heavy atom. The second-order valence-corrected chi connectivity index (χ2v) is 5.36. The number of hydrogen-bond acceptors (Lipinski definition) is 1. The number of anilines is 1. The third-order valence-electron chi connectivity index (χ3n) is 2.28. The Labute approximate surface area is 120 Å². The molecule has 0 radical (unpaired) electrons. The molecule has 2 nitrogen and oxygen atoms in total. The highest BCUT2D eigenvalue weighted by Gasteiger charge is 2.07. The highest BCUT2D eigenvalue weighted by Crippen LogP contribution is 2.20. The minimum Gasteiger partial charge on any atom is -0.322 e. The molecule has 0 aliphatic carbocycles. The molecular formula is C13H8Br2FNO. The molecule has 18 heavy (non-hydrogen) atoms. The fraction of sp³-hybridized carbons (Fsp3) is 0. The van der Waals surface area contributed by atoms with Gasteiger partial charge in [0, 0.05) is 15.7 Å². The Kier molecular flexibility index (Phi) is 4.14. The average Bonchev–Trinajstić information content (AvgIpc) is 2.34. The summed E-state index contributed by atoms with van der Waals surface area (Å²) < 4.78 is 14.3. The number of nitrogens with one attached hydrogen (secondary N) is 1. The zero-order valence-electron chi connectivity index (χ0n) is 9.08. The molecule has 0 saturated carbocycles. The highest BCUT2D eigenvalue weighted by atomic mass is 79.9. The average molecular weight is 373 g/mol. The monoisotopic (exact) mass is 371 g/mol. The van der Waals surface area contributed by atoms with Crippen LogP contribution in [0, 0.1) is 5.82 Å². The van der Waals surface area contributed by atoms with Crippen LogP contribution in [0.3, 0.4) is 0 Å². The van der Waals surface area contributed by atoms with Gasteiger partial charge < -0.3 is 5.32 Å². The lowest BCUT2D eigenvalue weighted by atomic mass is 10.2. The van der Waals surface area contributed by atoms with Crippen molar-refractivity contribution in [3.8, 4) is 0 Å². The van der Waals surface area contributed by atoms with Gasteiger partial charge in [-0.05, 0) is 58.4 Å². The topological polar surface area (TPSA) is 29.1 Å². The first-order chi connectivity index (χ1) is 8.56. The maximum atomic E-state index is 13.0. The normalized spacial score (nSPS) is 10.2. The van der Waals surface area contributed by atoms with E-state index in [4.69, 9.17) is 0 Å². The second kappa shape index (κ2) is 5.63. The molecule has 0 aliphatic heterocycles. The predicted molar refractivity (Wildman–Crippen MR) is 76.2 cm³/mol. The lowest BCUT2D eigenvalue weighted by molar-refractivity contribution is 0.102. The van der Waals surface area contributed by atoms with Crippen LogP contribution in [0.2, 0.25) is 0 Å². The summed E-state index contributed by atoms with van der Waals surface area (Å²) in [5.74, 6) is -0.599. The lowest BCUT2D eigenvalue weighted by Gasteiger charge is -2.06. The fourth-order valence-corrected chi connectivity index (χ4v) is 2.02. The number of carbonyl (C=O) groups is 1. The summed E-state index contributed by atoms with van der Waals surface area (Å²) in [6.45, 7) is 0. The van der Waals surface area contributed by atoms with Gasteiger partial charge in [-0.3, -0.25) is 4.79 Å². The van der Waals surface area contributed by atoms with E-state index in [0.29, 0.717) is 15.7 Å². The summed E-state index contributed by atoms with van der Waals surface area (Å²) in [6.07, 6.45) is 0. The molecule has 92 valence electrons. The van der Waals surface area contributed by atoms with Gasteiger partial charge in [-0.15, -0.1) is 0 Å². The van der Waals surface area contributed by atoms with Crippen LogP contribution in [-0.4, -0.2) is 5.91 Å². The van der Waals surface area contributed by atoms with Crippen molar-refractivity contribution in [2.45, 2.75) is 0 Å². The van der Waals surface area contributed by atoms with Crippen LogP contribution in [0.25, 0.3) is 0 Å². The van der Waals surface area contributed by atoms with Gasteiger partial charge >= 0.3 is 0 Å². The van der Waals surface area contributed by atoms with Crippen LogP contribution < -0.4 is 5.32 Å². The number of hydrogen-bond donors (Lipinski definition) is 1. The predicted octanol–water partition coefficient (Wildman–Crippen LogP) is 4.60. The van der Waals surface area contributed by atoms with Crippen LogP contribution in [-0.2, 0) is 0 Å². The summed E-state index contributed by atoms with van der Waals surface area (Å²) in [5, 5.41) is 2.69. The molecule has 0 fully saturated rings. The molecule has 1 N–H and O–H groups in total. The van der Waals surface area contributed by atoms with Crippen molar-refractivity contribution < 1.29 is 9.18 Å². The molecule has 0 heterocycles. The van der Waals surface area contributed by atoms with Gasteiger partial charge in [-0.2, -0.15) is 0 Å². The first kappa shape index (κ1) is 13.2. The number of halogens is 3. The van der Waals surface area contributed by atoms with E-state index in [9.17, 15) is 9.18 Å². The van der Waals surface area contributed by atoms with Gasteiger partial charge in [0.25, 0.3) is 5.91 Å². The minimum absolute atomic E-state index is 0.235. The lowest BCUT2D eigenvalue weighted by Crippen LogP contribution is -2.11. The van der Waals surface area contributed by atoms with E-state index < -0.39 is 0 Å². The molecular weight excluding hydrogens is 365 g/mol. The van der Waals surface area contributed by atoms with Gasteiger partial charge in [0.05, 0.1) is 4.47 Å². The summed E-state index contributed by atoms with van der Waals surface area (Å²) in [6, 6.07) is 11.3. The molecule has 1 amide bonds. The summed E-state index contributed by atoms with van der Waals surface area (Å²) >= 11 is 6.37. The van der Waals surface area contributed by atoms with Crippen molar-refractivity contribution >= 4 is 43.5 Å². The van der Waals surface area contributed by atoms with Crippen molar-refractivity contribution in [2.75, 3.05) is 5.32 Å². The molecule has 0 aliphatic rings. The SMILES string of the molecule is O=C(Nc1ccc(F)c(Br)c1)c1ccc(Br)cc1. The van der Waals surface area contributed by atoms with Crippen LogP contribution >= 0.6 is 31.9 Å². The van der Waals surface area contributed by atoms with Gasteiger partial charge in [-0.1, -0.05) is 15.9 Å². The maximum Gasteiger partial charge on any atom is 0.255 e. The third-order valence-corrected chi connectivity index (χ3v) is 3.42. The van der Waals surface area contributed by atoms with Crippen molar-refractivity contribution in [2.24, 2.45) is 0 Å². The Bertz CT molecular complexity index is 584. The van der Waals surface area contributed by atoms with Crippen molar-refractivity contribution in [1.82, 2.24) is 0 Å². The number of benzene rings is 2. The van der Waals surface area contributed by atoms with Crippen LogP contribution in [0.15, 0.2) is 51.4 Å². The molecule has 0 bridgehead atoms. The Hall–Kier alpha value is -1.20. The Morgan fingerprint density at radius 3 is 2.33 bits per heavy atom. The van der Waals surface area contributed by atoms with Crippen molar-refractivity contribution in [1.29, 1.82) is 0 Å². The molecule has 0 atom stereocenters. The van der Waals surface area contributed by atoms with E-state index in [2.05, 4.69) is 37.2 Å². The maximum absolute atomic E-state index is 13.0. The zero-order chi connectivity index (χ0) is 13.1. The third kappa shape index (κ3) is 3.17. The second-order valence-electron chi connectivity index (χ2n) is 3.59. The summed E-state index contributed by atoms with van der Waals surface area (Å²) in [7, 11) is 0. The largest absolute Gasteiger partial charge is 0.322 e. The van der Waals surface area contributed by atoms with E-state index in [0.717, 1.165) is 4.47 Å². The Balaban J connectivity index is 2.16. The first-order valence-electron chi connectivity index (χ1n) is 5.08. The number of carbonyl (C=O) groups excluding carboxylic acids is 1. The van der Waals surface area contributed by atoms with Gasteiger partial charge in [0.15, 0.2) is 0 Å². The van der Waals surface area contributed by atoms with E-state index in [1.807, 2.05) is 0 Å². The molecule has 2 aromatic carbocycles. The quantitative estimate of drug-likeness (QED) is 0.819. The van der Waals surface area contributed by atoms with Crippen molar-refractivity contribution in [3.05, 3.63) is 62.8 Å². The summed E-state index contributed by atoms with van der Waals surface area (Å²) in [4.78, 5) is 11.9. The van der Waals surface area contributed by atoms with Crippen LogP contribution in [0.5, 0.6) is 0 Å². The first-order valence-corrected chi connectivity index (χ1v) is 6.67. The van der Waals surface area contributed by atoms with E-state index >= 15 is 0 Å². The molecule has 0 spiro atoms. The minimum atomic E-state index is -0.364. The molecule has 2 rings (SSSR count). The van der Waals surface area contributed by atoms with Gasteiger partial charge in [0.2, 0.25) is 0 Å². The molecule has 0 unspecified atom stereocenters. The molecule has 0 aromatic heterocycles. The van der Waals surface area contributed by atoms with Crippen LogP contribution in [0.4, 0.5) is 10.1 Å². The van der Waals surface area contributed by atoms with Gasteiger partial charge in [-0.25, -0.2) is 4.39 Å². The summed E-state index contributed by atoms with van der Waals surface area (Å²) in [5.41, 5.74) is 1.08. The number of amides is 1. The van der Waals surface area contributed by atoms with Crippen LogP contribution in [0.1, 0.15) is 10.4 Å².